The molecule has 2 fully saturated rings. The van der Waals surface area contributed by atoms with Crippen molar-refractivity contribution in [1.82, 2.24) is 45.8 Å². The molecule has 14 heteroatoms. The van der Waals surface area contributed by atoms with Crippen LogP contribution in [0.3, 0.4) is 0 Å². The third-order valence-electron chi connectivity index (χ3n) is 11.2. The summed E-state index contributed by atoms with van der Waals surface area (Å²) in [5.41, 5.74) is 9.26. The minimum Gasteiger partial charge on any atom is -0.369 e. The number of H-pyrrole nitrogens is 1. The average Bonchev–Trinajstić information content (AvgIpc) is 3.89. The molecule has 2 saturated heterocycles. The van der Waals surface area contributed by atoms with E-state index in [4.69, 9.17) is 9.51 Å². The van der Waals surface area contributed by atoms with Crippen molar-refractivity contribution in [3.63, 3.8) is 0 Å². The number of aromatic nitrogens is 6. The molecule has 6 aromatic rings. The summed E-state index contributed by atoms with van der Waals surface area (Å²) < 4.78 is 5.30. The van der Waals surface area contributed by atoms with Crippen molar-refractivity contribution >= 4 is 34.4 Å². The van der Waals surface area contributed by atoms with E-state index < -0.39 is 0 Å². The Morgan fingerprint density at radius 3 is 2.41 bits per heavy atom. The molecule has 0 spiro atoms. The molecular weight excluding hydrogens is 733 g/mol. The average molecular weight is 781 g/mol. The Morgan fingerprint density at radius 2 is 1.72 bits per heavy atom. The van der Waals surface area contributed by atoms with Crippen LogP contribution in [0.2, 0.25) is 0 Å². The summed E-state index contributed by atoms with van der Waals surface area (Å²) in [5, 5.41) is 18.0. The minimum absolute atomic E-state index is 0.0191. The van der Waals surface area contributed by atoms with Crippen molar-refractivity contribution in [1.29, 1.82) is 0 Å². The molecule has 2 aliphatic heterocycles. The first-order valence-corrected chi connectivity index (χ1v) is 19.9. The first kappa shape index (κ1) is 38.6. The number of rotatable bonds is 10. The maximum absolute atomic E-state index is 12.9. The zero-order chi connectivity index (χ0) is 40.6. The molecule has 14 nitrogen and oxygen atoms in total. The Hall–Kier alpha value is -6.28. The number of piperazine rings is 1. The minimum atomic E-state index is -0.387. The molecule has 298 valence electrons. The number of carbonyl (C=O) groups excluding carboxylic acids is 3. The van der Waals surface area contributed by atoms with E-state index in [1.807, 2.05) is 65.1 Å². The summed E-state index contributed by atoms with van der Waals surface area (Å²) in [6.45, 7) is 14.6. The predicted molar refractivity (Wildman–Crippen MR) is 220 cm³/mol. The fraction of sp³-hybridized carbons (Fsp3) is 0.364. The highest BCUT2D eigenvalue weighted by Gasteiger charge is 2.29. The molecule has 0 bridgehead atoms. The van der Waals surface area contributed by atoms with Gasteiger partial charge < -0.3 is 14.7 Å². The first-order chi connectivity index (χ1) is 27.9. The zero-order valence-electron chi connectivity index (χ0n) is 33.5. The standard InChI is InChI=1S/C44H48N10O4/c1-26-22-29(9-13-34(26)27(2)47-42(57)40-49-43(58-52-40)44(3,4)5)38-36-23-31(25-46-39(36)51-50-38)28-7-11-33(12-8-28)54-20-18-53(19-21-54)17-16-32-10-6-30(24-45-32)35-14-15-37(55)48-41(35)56/h6-13,22-25,27,35H,14-21H2,1-5H3,(H,47,57)(H,46,50,51)(H,48,55,56)/t27-,35?/m1/s1. The number of amides is 3. The lowest BCUT2D eigenvalue weighted by Crippen LogP contribution is -2.47. The van der Waals surface area contributed by atoms with E-state index in [0.29, 0.717) is 24.4 Å². The molecule has 6 heterocycles. The van der Waals surface area contributed by atoms with Crippen molar-refractivity contribution < 1.29 is 18.9 Å². The summed E-state index contributed by atoms with van der Waals surface area (Å²) in [7, 11) is 0. The highest BCUT2D eigenvalue weighted by atomic mass is 16.5. The molecule has 0 radical (unpaired) electrons. The normalized spacial score (nSPS) is 17.1. The van der Waals surface area contributed by atoms with E-state index in [9.17, 15) is 14.4 Å². The molecule has 58 heavy (non-hydrogen) atoms. The Bertz CT molecular complexity index is 2460. The van der Waals surface area contributed by atoms with Crippen LogP contribution in [-0.4, -0.2) is 85.7 Å². The molecule has 2 aliphatic rings. The molecule has 2 aromatic carbocycles. The van der Waals surface area contributed by atoms with E-state index in [0.717, 1.165) is 89.3 Å². The quantitative estimate of drug-likeness (QED) is 0.138. The van der Waals surface area contributed by atoms with Gasteiger partial charge in [0.15, 0.2) is 5.65 Å². The highest BCUT2D eigenvalue weighted by Crippen LogP contribution is 2.32. The Balaban J connectivity index is 0.865. The molecule has 8 rings (SSSR count). The summed E-state index contributed by atoms with van der Waals surface area (Å²) in [6.07, 6.45) is 5.40. The molecule has 4 aromatic heterocycles. The second-order valence-corrected chi connectivity index (χ2v) is 16.3. The number of aromatic amines is 1. The van der Waals surface area contributed by atoms with Crippen LogP contribution in [-0.2, 0) is 21.4 Å². The van der Waals surface area contributed by atoms with E-state index >= 15 is 0 Å². The number of nitrogens with one attached hydrogen (secondary N) is 3. The van der Waals surface area contributed by atoms with Gasteiger partial charge in [-0.15, -0.1) is 0 Å². The van der Waals surface area contributed by atoms with Crippen LogP contribution >= 0.6 is 0 Å². The van der Waals surface area contributed by atoms with Crippen molar-refractivity contribution in [3.8, 4) is 22.4 Å². The lowest BCUT2D eigenvalue weighted by Gasteiger charge is -2.36. The number of imide groups is 1. The SMILES string of the molecule is Cc1cc(-c2n[nH]c3ncc(-c4ccc(N5CCN(CCc6ccc(C7CCC(=O)NC7=O)cn6)CC5)cc4)cc23)ccc1[C@@H](C)NC(=O)c1noc(C(C)(C)C)n1. The number of benzene rings is 2. The third kappa shape index (κ3) is 8.23. The zero-order valence-corrected chi connectivity index (χ0v) is 33.5. The smallest absolute Gasteiger partial charge is 0.293 e. The second-order valence-electron chi connectivity index (χ2n) is 16.3. The Morgan fingerprint density at radius 1 is 0.948 bits per heavy atom. The van der Waals surface area contributed by atoms with E-state index in [1.165, 1.54) is 5.69 Å². The summed E-state index contributed by atoms with van der Waals surface area (Å²) in [5.74, 6) is -0.696. The summed E-state index contributed by atoms with van der Waals surface area (Å²) in [6, 6.07) is 20.6. The molecule has 0 aliphatic carbocycles. The predicted octanol–water partition coefficient (Wildman–Crippen LogP) is 6.05. The number of pyridine rings is 2. The maximum atomic E-state index is 12.9. The molecule has 1 unspecified atom stereocenters. The van der Waals surface area contributed by atoms with Crippen LogP contribution in [0.1, 0.15) is 91.4 Å². The van der Waals surface area contributed by atoms with Gasteiger partial charge in [0.25, 0.3) is 11.7 Å². The van der Waals surface area contributed by atoms with E-state index in [1.54, 1.807) is 6.20 Å². The number of piperidine rings is 1. The van der Waals surface area contributed by atoms with Crippen molar-refractivity contribution in [3.05, 3.63) is 107 Å². The van der Waals surface area contributed by atoms with E-state index in [-0.39, 0.29) is 40.9 Å². The van der Waals surface area contributed by atoms with Gasteiger partial charge >= 0.3 is 0 Å². The van der Waals surface area contributed by atoms with Gasteiger partial charge in [0.1, 0.15) is 5.69 Å². The second kappa shape index (κ2) is 15.9. The van der Waals surface area contributed by atoms with Gasteiger partial charge in [-0.25, -0.2) is 4.98 Å². The molecule has 2 atom stereocenters. The lowest BCUT2D eigenvalue weighted by atomic mass is 9.91. The van der Waals surface area contributed by atoms with Gasteiger partial charge in [-0.3, -0.25) is 34.7 Å². The third-order valence-corrected chi connectivity index (χ3v) is 11.2. The van der Waals surface area contributed by atoms with Crippen LogP contribution in [0.4, 0.5) is 5.69 Å². The number of hydrogen-bond donors (Lipinski definition) is 3. The van der Waals surface area contributed by atoms with Crippen LogP contribution in [0, 0.1) is 6.92 Å². The maximum Gasteiger partial charge on any atom is 0.293 e. The van der Waals surface area contributed by atoms with Gasteiger partial charge in [-0.05, 0) is 72.9 Å². The molecular formula is C44H48N10O4. The van der Waals surface area contributed by atoms with E-state index in [2.05, 4.69) is 82.2 Å². The fourth-order valence-corrected chi connectivity index (χ4v) is 7.72. The van der Waals surface area contributed by atoms with Gasteiger partial charge in [-0.2, -0.15) is 10.1 Å². The Labute approximate surface area is 336 Å². The highest BCUT2D eigenvalue weighted by molar-refractivity contribution is 6.01. The number of aryl methyl sites for hydroxylation is 1. The number of hydrogen-bond acceptors (Lipinski definition) is 11. The van der Waals surface area contributed by atoms with Crippen molar-refractivity contribution in [2.24, 2.45) is 0 Å². The molecule has 3 N–H and O–H groups in total. The van der Waals surface area contributed by atoms with Crippen LogP contribution < -0.4 is 15.5 Å². The van der Waals surface area contributed by atoms with Crippen molar-refractivity contribution in [2.75, 3.05) is 37.6 Å². The van der Waals surface area contributed by atoms with Crippen LogP contribution in [0.15, 0.2) is 77.6 Å². The Kier molecular flexibility index (Phi) is 10.6. The first-order valence-electron chi connectivity index (χ1n) is 19.9. The number of fused-ring (bicyclic) bond motifs is 1. The number of nitrogens with zero attached hydrogens (tertiary/aromatic N) is 7. The monoisotopic (exact) mass is 780 g/mol. The van der Waals surface area contributed by atoms with Gasteiger partial charge in [0.2, 0.25) is 17.7 Å². The summed E-state index contributed by atoms with van der Waals surface area (Å²) in [4.78, 5) is 55.2. The topological polar surface area (TPSA) is 175 Å². The number of anilines is 1. The summed E-state index contributed by atoms with van der Waals surface area (Å²) >= 11 is 0. The lowest BCUT2D eigenvalue weighted by molar-refractivity contribution is -0.134. The van der Waals surface area contributed by atoms with Crippen molar-refractivity contribution in [2.45, 2.75) is 71.3 Å². The number of carbonyl (C=O) groups is 3. The van der Waals surface area contributed by atoms with Gasteiger partial charge in [0, 0.05) is 91.3 Å². The molecule has 3 amide bonds. The largest absolute Gasteiger partial charge is 0.369 e. The fourth-order valence-electron chi connectivity index (χ4n) is 7.72. The van der Waals surface area contributed by atoms with Crippen LogP contribution in [0.25, 0.3) is 33.4 Å². The van der Waals surface area contributed by atoms with Gasteiger partial charge in [-0.1, -0.05) is 56.3 Å². The van der Waals surface area contributed by atoms with Gasteiger partial charge in [0.05, 0.1) is 12.0 Å². The van der Waals surface area contributed by atoms with Crippen LogP contribution in [0.5, 0.6) is 0 Å². The molecule has 0 saturated carbocycles.